The number of hydrogen-bond donors (Lipinski definition) is 1. The third-order valence-corrected chi connectivity index (χ3v) is 9.08. The number of benzene rings is 2. The van der Waals surface area contributed by atoms with Crippen LogP contribution < -0.4 is 10.2 Å². The number of carbonyl (C=O) groups is 2. The van der Waals surface area contributed by atoms with Crippen molar-refractivity contribution in [3.8, 4) is 0 Å². The molecule has 0 bridgehead atoms. The Kier molecular flexibility index (Phi) is 7.05. The van der Waals surface area contributed by atoms with E-state index in [1.165, 1.54) is 23.1 Å². The zero-order valence-electron chi connectivity index (χ0n) is 22.4. The Bertz CT molecular complexity index is 1320. The topological polar surface area (TPSA) is 65.5 Å². The quantitative estimate of drug-likeness (QED) is 0.481. The number of hydrogen-bond acceptors (Lipinski definition) is 4. The summed E-state index contributed by atoms with van der Waals surface area (Å²) in [5, 5.41) is 5.68. The first kappa shape index (κ1) is 24.9. The van der Waals surface area contributed by atoms with Crippen molar-refractivity contribution in [2.75, 3.05) is 25.0 Å². The fraction of sp³-hybridized carbons (Fsp3) is 0.469. The van der Waals surface area contributed by atoms with E-state index in [1.807, 2.05) is 36.5 Å². The highest BCUT2D eigenvalue weighted by atomic mass is 16.2. The fourth-order valence-electron chi connectivity index (χ4n) is 6.69. The maximum atomic E-state index is 13.5. The number of piperidine rings is 1. The van der Waals surface area contributed by atoms with Crippen LogP contribution in [0.2, 0.25) is 0 Å². The second-order valence-electron chi connectivity index (χ2n) is 11.4. The van der Waals surface area contributed by atoms with Crippen LogP contribution in [0.3, 0.4) is 0 Å². The van der Waals surface area contributed by atoms with Gasteiger partial charge in [0, 0.05) is 61.1 Å². The largest absolute Gasteiger partial charge is 0.371 e. The summed E-state index contributed by atoms with van der Waals surface area (Å²) in [6.45, 7) is 1.86. The average molecular weight is 511 g/mol. The van der Waals surface area contributed by atoms with Gasteiger partial charge in [0.2, 0.25) is 5.91 Å². The lowest BCUT2D eigenvalue weighted by Gasteiger charge is -2.38. The van der Waals surface area contributed by atoms with Gasteiger partial charge in [-0.3, -0.25) is 14.6 Å². The summed E-state index contributed by atoms with van der Waals surface area (Å²) in [5.41, 5.74) is 4.36. The van der Waals surface area contributed by atoms with Gasteiger partial charge in [0.1, 0.15) is 0 Å². The summed E-state index contributed by atoms with van der Waals surface area (Å²) in [6, 6.07) is 15.0. The van der Waals surface area contributed by atoms with Crippen LogP contribution in [0.15, 0.2) is 54.9 Å². The van der Waals surface area contributed by atoms with Crippen LogP contribution in [0.1, 0.15) is 78.9 Å². The van der Waals surface area contributed by atoms with Gasteiger partial charge in [-0.05, 0) is 85.4 Å². The molecule has 0 spiro atoms. The van der Waals surface area contributed by atoms with Crippen LogP contribution in [0.5, 0.6) is 0 Å². The number of fused-ring (bicyclic) bond motifs is 2. The smallest absolute Gasteiger partial charge is 0.253 e. The molecule has 0 radical (unpaired) electrons. The van der Waals surface area contributed by atoms with E-state index < -0.39 is 0 Å². The minimum Gasteiger partial charge on any atom is -0.371 e. The molecule has 1 N–H and O–H groups in total. The van der Waals surface area contributed by atoms with Gasteiger partial charge in [-0.1, -0.05) is 31.4 Å². The highest BCUT2D eigenvalue weighted by molar-refractivity contribution is 5.94. The third kappa shape index (κ3) is 5.01. The number of aromatic nitrogens is 1. The van der Waals surface area contributed by atoms with Gasteiger partial charge in [-0.25, -0.2) is 0 Å². The van der Waals surface area contributed by atoms with Crippen molar-refractivity contribution < 1.29 is 9.59 Å². The summed E-state index contributed by atoms with van der Waals surface area (Å²) in [7, 11) is 1.95. The van der Waals surface area contributed by atoms with E-state index in [1.54, 1.807) is 0 Å². The lowest BCUT2D eigenvalue weighted by atomic mass is 9.88. The van der Waals surface area contributed by atoms with E-state index in [0.717, 1.165) is 81.0 Å². The second-order valence-corrected chi connectivity index (χ2v) is 11.4. The molecule has 1 atom stereocenters. The molecular weight excluding hydrogens is 472 g/mol. The van der Waals surface area contributed by atoms with Crippen molar-refractivity contribution >= 4 is 28.3 Å². The molecule has 6 rings (SSSR count). The van der Waals surface area contributed by atoms with E-state index in [-0.39, 0.29) is 29.8 Å². The zero-order valence-corrected chi connectivity index (χ0v) is 22.4. The molecule has 1 unspecified atom stereocenters. The molecule has 2 fully saturated rings. The Balaban J connectivity index is 1.09. The Hall–Kier alpha value is -3.41. The van der Waals surface area contributed by atoms with Crippen LogP contribution in [0.25, 0.3) is 10.8 Å². The first-order valence-corrected chi connectivity index (χ1v) is 14.4. The van der Waals surface area contributed by atoms with Crippen molar-refractivity contribution in [1.82, 2.24) is 15.2 Å². The summed E-state index contributed by atoms with van der Waals surface area (Å²) in [4.78, 5) is 35.0. The lowest BCUT2D eigenvalue weighted by molar-refractivity contribution is -0.126. The number of nitrogens with one attached hydrogen (secondary N) is 1. The molecule has 2 heterocycles. The van der Waals surface area contributed by atoms with Crippen molar-refractivity contribution in [2.45, 2.75) is 69.9 Å². The first-order valence-electron chi connectivity index (χ1n) is 14.4. The first-order chi connectivity index (χ1) is 18.6. The molecule has 198 valence electrons. The van der Waals surface area contributed by atoms with E-state index in [2.05, 4.69) is 45.5 Å². The molecule has 6 heteroatoms. The average Bonchev–Trinajstić information content (AvgIpc) is 3.38. The molecular formula is C32H38N4O2. The number of aryl methyl sites for hydroxylation is 1. The number of anilines is 1. The van der Waals surface area contributed by atoms with E-state index in [9.17, 15) is 9.59 Å². The number of carbonyl (C=O) groups excluding carboxylic acids is 2. The van der Waals surface area contributed by atoms with Crippen molar-refractivity contribution in [3.05, 3.63) is 71.5 Å². The van der Waals surface area contributed by atoms with Crippen LogP contribution in [-0.4, -0.2) is 47.9 Å². The maximum absolute atomic E-state index is 13.5. The predicted molar refractivity (Wildman–Crippen MR) is 151 cm³/mol. The minimum atomic E-state index is 0.0263. The Labute approximate surface area is 225 Å². The predicted octanol–water partition coefficient (Wildman–Crippen LogP) is 5.66. The number of rotatable bonds is 5. The Morgan fingerprint density at radius 2 is 1.74 bits per heavy atom. The number of nitrogens with zero attached hydrogens (tertiary/aromatic N) is 3. The Morgan fingerprint density at radius 3 is 2.55 bits per heavy atom. The molecule has 6 nitrogen and oxygen atoms in total. The standard InChI is InChI=1S/C32H38N4O2/c1-35(27-14-17-36(18-15-27)28-11-9-26-21-33-16-13-24(26)19-28)32(38)25-8-7-22-10-12-30(29(22)20-25)34-31(37)23-5-3-2-4-6-23/h7-9,11,13,16,19-21,23,27,30H,2-6,10,12,14-15,17-18H2,1H3,(H,34,37). The Morgan fingerprint density at radius 1 is 0.921 bits per heavy atom. The molecule has 38 heavy (non-hydrogen) atoms. The number of pyridine rings is 1. The van der Waals surface area contributed by atoms with E-state index in [4.69, 9.17) is 0 Å². The van der Waals surface area contributed by atoms with E-state index >= 15 is 0 Å². The molecule has 3 aromatic rings. The van der Waals surface area contributed by atoms with Crippen molar-refractivity contribution in [3.63, 3.8) is 0 Å². The fourth-order valence-corrected chi connectivity index (χ4v) is 6.69. The van der Waals surface area contributed by atoms with Gasteiger partial charge >= 0.3 is 0 Å². The highest BCUT2D eigenvalue weighted by Gasteiger charge is 2.30. The van der Waals surface area contributed by atoms with Gasteiger partial charge in [-0.15, -0.1) is 0 Å². The van der Waals surface area contributed by atoms with E-state index in [0.29, 0.717) is 0 Å². The zero-order chi connectivity index (χ0) is 26.1. The summed E-state index contributed by atoms with van der Waals surface area (Å²) in [6.07, 6.45) is 13.1. The second kappa shape index (κ2) is 10.8. The van der Waals surface area contributed by atoms with Crippen LogP contribution in [0.4, 0.5) is 5.69 Å². The molecule has 3 aliphatic rings. The van der Waals surface area contributed by atoms with Crippen LogP contribution in [-0.2, 0) is 11.2 Å². The molecule has 2 aliphatic carbocycles. The SMILES string of the molecule is CN(C(=O)c1ccc2c(c1)C(NC(=O)C1CCCCC1)CC2)C1CCN(c2ccc3cnccc3c2)CC1. The summed E-state index contributed by atoms with van der Waals surface area (Å²) >= 11 is 0. The van der Waals surface area contributed by atoms with Crippen molar-refractivity contribution in [2.24, 2.45) is 5.92 Å². The van der Waals surface area contributed by atoms with Gasteiger partial charge in [0.25, 0.3) is 5.91 Å². The molecule has 1 aromatic heterocycles. The molecule has 1 saturated heterocycles. The maximum Gasteiger partial charge on any atom is 0.253 e. The molecule has 1 aliphatic heterocycles. The van der Waals surface area contributed by atoms with Crippen molar-refractivity contribution in [1.29, 1.82) is 0 Å². The number of amides is 2. The lowest BCUT2D eigenvalue weighted by Crippen LogP contribution is -2.45. The monoisotopic (exact) mass is 510 g/mol. The van der Waals surface area contributed by atoms with Gasteiger partial charge < -0.3 is 15.1 Å². The normalized spacial score (nSPS) is 20.3. The highest BCUT2D eigenvalue weighted by Crippen LogP contribution is 2.34. The minimum absolute atomic E-state index is 0.0263. The van der Waals surface area contributed by atoms with Crippen LogP contribution >= 0.6 is 0 Å². The molecule has 2 aromatic carbocycles. The third-order valence-electron chi connectivity index (χ3n) is 9.08. The molecule has 1 saturated carbocycles. The van der Waals surface area contributed by atoms with Crippen LogP contribution in [0, 0.1) is 5.92 Å². The summed E-state index contributed by atoms with van der Waals surface area (Å²) < 4.78 is 0. The van der Waals surface area contributed by atoms with Gasteiger partial charge in [0.15, 0.2) is 0 Å². The molecule has 2 amide bonds. The van der Waals surface area contributed by atoms with Gasteiger partial charge in [-0.2, -0.15) is 0 Å². The van der Waals surface area contributed by atoms with Gasteiger partial charge in [0.05, 0.1) is 6.04 Å². The summed E-state index contributed by atoms with van der Waals surface area (Å²) in [5.74, 6) is 0.432.